The molecule has 6 heteroatoms. The molecule has 3 rings (SSSR count). The first kappa shape index (κ1) is 21.8. The van der Waals surface area contributed by atoms with Crippen molar-refractivity contribution in [2.24, 2.45) is 0 Å². The van der Waals surface area contributed by atoms with Crippen LogP contribution in [0.15, 0.2) is 42.5 Å². The van der Waals surface area contributed by atoms with Crippen molar-refractivity contribution in [3.8, 4) is 0 Å². The van der Waals surface area contributed by atoms with Crippen LogP contribution in [0.4, 0.5) is 0 Å². The highest BCUT2D eigenvalue weighted by Crippen LogP contribution is 2.23. The van der Waals surface area contributed by atoms with E-state index >= 15 is 0 Å². The minimum Gasteiger partial charge on any atom is -0.451 e. The second-order valence-electron chi connectivity index (χ2n) is 7.61. The number of aromatic nitrogens is 2. The molecule has 2 aromatic carbocycles. The molecule has 156 valence electrons. The minimum atomic E-state index is -0.935. The first-order valence-electron chi connectivity index (χ1n) is 9.78. The summed E-state index contributed by atoms with van der Waals surface area (Å²) in [7, 11) is 0. The van der Waals surface area contributed by atoms with Crippen molar-refractivity contribution >= 4 is 23.4 Å². The molecule has 1 heterocycles. The largest absolute Gasteiger partial charge is 0.451 e. The molecule has 5 nitrogen and oxygen atoms in total. The number of Topliss-reactive ketones (excluding diaryl/α,β-unsaturated/α-hetero) is 1. The fourth-order valence-corrected chi connectivity index (χ4v) is 3.47. The van der Waals surface area contributed by atoms with Gasteiger partial charge in [0.05, 0.1) is 12.2 Å². The number of aryl methyl sites for hydroxylation is 4. The highest BCUT2D eigenvalue weighted by atomic mass is 35.5. The Balaban J connectivity index is 1.76. The van der Waals surface area contributed by atoms with Gasteiger partial charge >= 0.3 is 5.97 Å². The third-order valence-corrected chi connectivity index (χ3v) is 5.55. The van der Waals surface area contributed by atoms with E-state index in [1.165, 1.54) is 0 Å². The molecule has 0 N–H and O–H groups in total. The van der Waals surface area contributed by atoms with Crippen molar-refractivity contribution in [2.75, 3.05) is 0 Å². The molecule has 30 heavy (non-hydrogen) atoms. The smallest absolute Gasteiger partial charge is 0.343 e. The van der Waals surface area contributed by atoms with E-state index in [-0.39, 0.29) is 16.5 Å². The fourth-order valence-electron chi connectivity index (χ4n) is 3.16. The van der Waals surface area contributed by atoms with Crippen molar-refractivity contribution in [3.63, 3.8) is 0 Å². The van der Waals surface area contributed by atoms with Gasteiger partial charge in [-0.2, -0.15) is 5.10 Å². The molecule has 0 spiro atoms. The van der Waals surface area contributed by atoms with Crippen LogP contribution in [0.5, 0.6) is 0 Å². The number of hydrogen-bond acceptors (Lipinski definition) is 4. The van der Waals surface area contributed by atoms with Crippen LogP contribution in [0, 0.1) is 27.7 Å². The predicted octanol–water partition coefficient (Wildman–Crippen LogP) is 5.25. The molecular formula is C24H25ClN2O3. The molecule has 0 radical (unpaired) electrons. The second-order valence-corrected chi connectivity index (χ2v) is 7.96. The van der Waals surface area contributed by atoms with Crippen LogP contribution in [-0.4, -0.2) is 27.6 Å². The molecule has 0 aliphatic carbocycles. The molecule has 0 bridgehead atoms. The van der Waals surface area contributed by atoms with Crippen LogP contribution in [0.2, 0.25) is 5.15 Å². The number of carbonyl (C=O) groups is 2. The van der Waals surface area contributed by atoms with Crippen molar-refractivity contribution in [1.82, 2.24) is 9.78 Å². The van der Waals surface area contributed by atoms with Gasteiger partial charge in [-0.05, 0) is 57.4 Å². The van der Waals surface area contributed by atoms with Gasteiger partial charge in [0.2, 0.25) is 5.78 Å². The number of hydrogen-bond donors (Lipinski definition) is 0. The number of benzene rings is 2. The van der Waals surface area contributed by atoms with Crippen LogP contribution < -0.4 is 0 Å². The monoisotopic (exact) mass is 424 g/mol. The Morgan fingerprint density at radius 3 is 2.33 bits per heavy atom. The molecule has 0 unspecified atom stereocenters. The summed E-state index contributed by atoms with van der Waals surface area (Å²) in [5.74, 6) is -0.912. The third kappa shape index (κ3) is 4.62. The van der Waals surface area contributed by atoms with E-state index in [2.05, 4.69) is 5.10 Å². The topological polar surface area (TPSA) is 61.2 Å². The Hall–Kier alpha value is -2.92. The number of ketones is 1. The summed E-state index contributed by atoms with van der Waals surface area (Å²) in [6.45, 7) is 9.63. The standard InChI is InChI=1S/C24H25ClN2O3/c1-14-6-9-19(10-7-14)13-27-23(25)21(17(4)26-27)24(29)30-18(5)22(28)20-11-8-15(2)16(3)12-20/h6-12,18H,13H2,1-5H3/t18-/m1/s1. The lowest BCUT2D eigenvalue weighted by molar-refractivity contribution is 0.0318. The summed E-state index contributed by atoms with van der Waals surface area (Å²) in [6.07, 6.45) is -0.935. The van der Waals surface area contributed by atoms with Crippen LogP contribution in [-0.2, 0) is 11.3 Å². The SMILES string of the molecule is Cc1ccc(Cn2nc(C)c(C(=O)O[C@H](C)C(=O)c3ccc(C)c(C)c3)c2Cl)cc1. The number of nitrogens with zero attached hydrogens (tertiary/aromatic N) is 2. The summed E-state index contributed by atoms with van der Waals surface area (Å²) >= 11 is 6.44. The Labute approximate surface area is 181 Å². The number of esters is 1. The molecule has 1 atom stereocenters. The fraction of sp³-hybridized carbons (Fsp3) is 0.292. The lowest BCUT2D eigenvalue weighted by atomic mass is 10.0. The lowest BCUT2D eigenvalue weighted by Gasteiger charge is -2.13. The number of halogens is 1. The molecule has 0 saturated carbocycles. The van der Waals surface area contributed by atoms with Gasteiger partial charge in [0.25, 0.3) is 0 Å². The molecule has 0 amide bonds. The summed E-state index contributed by atoms with van der Waals surface area (Å²) < 4.78 is 7.00. The van der Waals surface area contributed by atoms with Gasteiger partial charge in [-0.3, -0.25) is 4.79 Å². The van der Waals surface area contributed by atoms with E-state index in [0.29, 0.717) is 17.8 Å². The van der Waals surface area contributed by atoms with E-state index in [0.717, 1.165) is 22.3 Å². The van der Waals surface area contributed by atoms with Gasteiger partial charge in [0.15, 0.2) is 6.10 Å². The molecule has 0 aliphatic heterocycles. The Morgan fingerprint density at radius 2 is 1.70 bits per heavy atom. The molecule has 0 aliphatic rings. The Morgan fingerprint density at radius 1 is 1.03 bits per heavy atom. The maximum atomic E-state index is 12.8. The number of rotatable bonds is 6. The highest BCUT2D eigenvalue weighted by molar-refractivity contribution is 6.32. The van der Waals surface area contributed by atoms with Crippen LogP contribution in [0.25, 0.3) is 0 Å². The zero-order valence-corrected chi connectivity index (χ0v) is 18.6. The van der Waals surface area contributed by atoms with Crippen LogP contribution >= 0.6 is 11.6 Å². The average Bonchev–Trinajstić information content (AvgIpc) is 2.98. The van der Waals surface area contributed by atoms with Crippen LogP contribution in [0.1, 0.15) is 55.6 Å². The van der Waals surface area contributed by atoms with Gasteiger partial charge in [0.1, 0.15) is 10.7 Å². The van der Waals surface area contributed by atoms with Gasteiger partial charge in [-0.25, -0.2) is 9.48 Å². The van der Waals surface area contributed by atoms with Gasteiger partial charge in [0, 0.05) is 5.56 Å². The zero-order chi connectivity index (χ0) is 22.0. The molecule has 1 aromatic heterocycles. The Bertz CT molecular complexity index is 1100. The van der Waals surface area contributed by atoms with E-state index in [1.807, 2.05) is 51.1 Å². The van der Waals surface area contributed by atoms with Crippen molar-refractivity contribution in [3.05, 3.63) is 86.7 Å². The normalized spacial score (nSPS) is 11.9. The molecule has 3 aromatic rings. The molecule has 0 saturated heterocycles. The number of ether oxygens (including phenoxy) is 1. The van der Waals surface area contributed by atoms with E-state index in [9.17, 15) is 9.59 Å². The second kappa shape index (κ2) is 8.84. The van der Waals surface area contributed by atoms with Crippen LogP contribution in [0.3, 0.4) is 0 Å². The van der Waals surface area contributed by atoms with Gasteiger partial charge in [-0.15, -0.1) is 0 Å². The van der Waals surface area contributed by atoms with Crippen molar-refractivity contribution in [2.45, 2.75) is 47.3 Å². The summed E-state index contributed by atoms with van der Waals surface area (Å²) in [6, 6.07) is 13.4. The first-order valence-corrected chi connectivity index (χ1v) is 10.2. The Kier molecular flexibility index (Phi) is 6.42. The highest BCUT2D eigenvalue weighted by Gasteiger charge is 2.26. The van der Waals surface area contributed by atoms with E-state index in [1.54, 1.807) is 30.7 Å². The minimum absolute atomic E-state index is 0.184. The summed E-state index contributed by atoms with van der Waals surface area (Å²) in [4.78, 5) is 25.4. The maximum Gasteiger partial charge on any atom is 0.343 e. The first-order chi connectivity index (χ1) is 14.2. The maximum absolute atomic E-state index is 12.8. The van der Waals surface area contributed by atoms with Crippen molar-refractivity contribution in [1.29, 1.82) is 0 Å². The summed E-state index contributed by atoms with van der Waals surface area (Å²) in [5.41, 5.74) is 5.44. The average molecular weight is 425 g/mol. The molecular weight excluding hydrogens is 400 g/mol. The predicted molar refractivity (Wildman–Crippen MR) is 117 cm³/mol. The van der Waals surface area contributed by atoms with Gasteiger partial charge < -0.3 is 4.74 Å². The third-order valence-electron chi connectivity index (χ3n) is 5.17. The number of carbonyl (C=O) groups excluding carboxylic acids is 2. The summed E-state index contributed by atoms with van der Waals surface area (Å²) in [5, 5.41) is 4.58. The molecule has 0 fully saturated rings. The quantitative estimate of drug-likeness (QED) is 0.400. The van der Waals surface area contributed by atoms with Gasteiger partial charge in [-0.1, -0.05) is 53.6 Å². The zero-order valence-electron chi connectivity index (χ0n) is 17.8. The van der Waals surface area contributed by atoms with Crippen molar-refractivity contribution < 1.29 is 14.3 Å². The van der Waals surface area contributed by atoms with E-state index < -0.39 is 12.1 Å². The van der Waals surface area contributed by atoms with E-state index in [4.69, 9.17) is 16.3 Å². The lowest BCUT2D eigenvalue weighted by Crippen LogP contribution is -2.25.